The highest BCUT2D eigenvalue weighted by atomic mass is 19.1. The number of carbonyl (C=O) groups is 2. The molecule has 8 heteroatoms. The topological polar surface area (TPSA) is 82.9 Å². The van der Waals surface area contributed by atoms with Crippen LogP contribution >= 0.6 is 0 Å². The summed E-state index contributed by atoms with van der Waals surface area (Å²) in [6.07, 6.45) is 2.94. The Kier molecular flexibility index (Phi) is 9.10. The first-order valence-corrected chi connectivity index (χ1v) is 13.0. The third-order valence-electron chi connectivity index (χ3n) is 6.42. The van der Waals surface area contributed by atoms with Crippen LogP contribution in [0, 0.1) is 12.7 Å². The zero-order valence-corrected chi connectivity index (χ0v) is 22.2. The largest absolute Gasteiger partial charge is 0.464 e. The summed E-state index contributed by atoms with van der Waals surface area (Å²) in [4.78, 5) is 43.0. The van der Waals surface area contributed by atoms with Crippen LogP contribution in [-0.4, -0.2) is 34.8 Å². The van der Waals surface area contributed by atoms with Crippen molar-refractivity contribution in [2.45, 2.75) is 39.8 Å². The lowest BCUT2D eigenvalue weighted by atomic mass is 10.1. The average Bonchev–Trinajstić information content (AvgIpc) is 2.93. The summed E-state index contributed by atoms with van der Waals surface area (Å²) in [6, 6.07) is 19.8. The van der Waals surface area contributed by atoms with E-state index in [4.69, 9.17) is 4.42 Å². The average molecular weight is 530 g/mol. The van der Waals surface area contributed by atoms with Crippen molar-refractivity contribution in [3.8, 4) is 0 Å². The van der Waals surface area contributed by atoms with Gasteiger partial charge in [-0.3, -0.25) is 9.59 Å². The van der Waals surface area contributed by atoms with E-state index in [1.54, 1.807) is 42.5 Å². The van der Waals surface area contributed by atoms with Crippen molar-refractivity contribution in [2.75, 3.05) is 18.4 Å². The van der Waals surface area contributed by atoms with E-state index in [9.17, 15) is 18.8 Å². The molecule has 0 fully saturated rings. The molecule has 4 rings (SSSR count). The molecule has 39 heavy (non-hydrogen) atoms. The van der Waals surface area contributed by atoms with E-state index in [-0.39, 0.29) is 42.8 Å². The first-order chi connectivity index (χ1) is 18.8. The summed E-state index contributed by atoms with van der Waals surface area (Å²) >= 11 is 0. The minimum absolute atomic E-state index is 0.0233. The number of nitrogens with zero attached hydrogens (tertiary/aromatic N) is 2. The van der Waals surface area contributed by atoms with Gasteiger partial charge in [0.15, 0.2) is 5.43 Å². The van der Waals surface area contributed by atoms with Gasteiger partial charge in [0.05, 0.1) is 23.8 Å². The highest BCUT2D eigenvalue weighted by Gasteiger charge is 2.23. The normalized spacial score (nSPS) is 10.8. The first-order valence-electron chi connectivity index (χ1n) is 13.0. The molecule has 3 amide bonds. The Morgan fingerprint density at radius 2 is 1.72 bits per heavy atom. The number of anilines is 1. The molecule has 0 aliphatic rings. The van der Waals surface area contributed by atoms with Crippen molar-refractivity contribution in [3.63, 3.8) is 0 Å². The standard InChI is InChI=1S/C31H32FN3O4/c1-3-4-16-34(31(38)33-26-9-7-8-22(2)17-26)20-29(36)35(18-23-12-14-25(32)15-13-23)19-24-21-39-28-11-6-5-10-27(28)30(24)37/h5-15,17,21H,3-4,16,18-20H2,1-2H3,(H,33,38). The Hall–Kier alpha value is -4.46. The molecule has 0 spiro atoms. The van der Waals surface area contributed by atoms with Gasteiger partial charge in [0.1, 0.15) is 17.9 Å². The van der Waals surface area contributed by atoms with Gasteiger partial charge in [-0.1, -0.05) is 49.7 Å². The summed E-state index contributed by atoms with van der Waals surface area (Å²) in [5.74, 6) is -0.729. The molecule has 1 N–H and O–H groups in total. The highest BCUT2D eigenvalue weighted by molar-refractivity contribution is 5.92. The molecule has 0 saturated carbocycles. The Bertz CT molecular complexity index is 1500. The smallest absolute Gasteiger partial charge is 0.322 e. The number of amides is 3. The molecule has 1 aromatic heterocycles. The lowest BCUT2D eigenvalue weighted by Crippen LogP contribution is -2.44. The zero-order valence-electron chi connectivity index (χ0n) is 22.2. The number of para-hydroxylation sites is 1. The highest BCUT2D eigenvalue weighted by Crippen LogP contribution is 2.16. The number of benzene rings is 3. The molecule has 202 valence electrons. The van der Waals surface area contributed by atoms with Gasteiger partial charge >= 0.3 is 6.03 Å². The van der Waals surface area contributed by atoms with Crippen molar-refractivity contribution in [1.29, 1.82) is 0 Å². The fourth-order valence-electron chi connectivity index (χ4n) is 4.27. The predicted molar refractivity (Wildman–Crippen MR) is 150 cm³/mol. The number of carbonyl (C=O) groups excluding carboxylic acids is 2. The number of urea groups is 1. The van der Waals surface area contributed by atoms with E-state index in [1.807, 2.05) is 32.0 Å². The zero-order chi connectivity index (χ0) is 27.8. The minimum atomic E-state index is -0.384. The van der Waals surface area contributed by atoms with E-state index in [0.717, 1.165) is 18.4 Å². The van der Waals surface area contributed by atoms with Gasteiger partial charge in [-0.2, -0.15) is 0 Å². The van der Waals surface area contributed by atoms with E-state index >= 15 is 0 Å². The third-order valence-corrected chi connectivity index (χ3v) is 6.42. The molecule has 0 atom stereocenters. The maximum atomic E-state index is 13.7. The van der Waals surface area contributed by atoms with Crippen molar-refractivity contribution >= 4 is 28.6 Å². The number of hydrogen-bond donors (Lipinski definition) is 1. The molecule has 0 saturated heterocycles. The quantitative estimate of drug-likeness (QED) is 0.269. The fourth-order valence-corrected chi connectivity index (χ4v) is 4.27. The monoisotopic (exact) mass is 529 g/mol. The third kappa shape index (κ3) is 7.31. The van der Waals surface area contributed by atoms with E-state index in [0.29, 0.717) is 34.3 Å². The van der Waals surface area contributed by atoms with Gasteiger partial charge in [-0.25, -0.2) is 9.18 Å². The van der Waals surface area contributed by atoms with Crippen LogP contribution in [0.5, 0.6) is 0 Å². The lowest BCUT2D eigenvalue weighted by Gasteiger charge is -2.28. The number of rotatable bonds is 10. The van der Waals surface area contributed by atoms with Crippen molar-refractivity contribution in [2.24, 2.45) is 0 Å². The first kappa shape index (κ1) is 27.6. The number of halogens is 1. The summed E-state index contributed by atoms with van der Waals surface area (Å²) in [5, 5.41) is 3.30. The Morgan fingerprint density at radius 1 is 0.949 bits per heavy atom. The summed E-state index contributed by atoms with van der Waals surface area (Å²) in [6.45, 7) is 4.26. The van der Waals surface area contributed by atoms with Gasteiger partial charge in [0.2, 0.25) is 5.91 Å². The molecular formula is C31H32FN3O4. The van der Waals surface area contributed by atoms with E-state index in [1.165, 1.54) is 28.2 Å². The molecule has 0 radical (unpaired) electrons. The van der Waals surface area contributed by atoms with Crippen molar-refractivity contribution in [3.05, 3.63) is 112 Å². The molecular weight excluding hydrogens is 497 g/mol. The van der Waals surface area contributed by atoms with Crippen LogP contribution in [0.15, 0.2) is 88.3 Å². The molecule has 4 aromatic rings. The van der Waals surface area contributed by atoms with E-state index in [2.05, 4.69) is 5.32 Å². The maximum absolute atomic E-state index is 13.7. The molecule has 0 aliphatic carbocycles. The molecule has 0 bridgehead atoms. The number of aryl methyl sites for hydroxylation is 1. The van der Waals surface area contributed by atoms with Gasteiger partial charge in [0, 0.05) is 18.8 Å². The number of hydrogen-bond acceptors (Lipinski definition) is 4. The van der Waals surface area contributed by atoms with Gasteiger partial charge in [0.25, 0.3) is 0 Å². The molecule has 0 aliphatic heterocycles. The van der Waals surface area contributed by atoms with Crippen LogP contribution in [0.4, 0.5) is 14.9 Å². The maximum Gasteiger partial charge on any atom is 0.322 e. The van der Waals surface area contributed by atoms with E-state index < -0.39 is 0 Å². The number of unbranched alkanes of at least 4 members (excludes halogenated alkanes) is 1. The lowest BCUT2D eigenvalue weighted by molar-refractivity contribution is -0.133. The summed E-state index contributed by atoms with van der Waals surface area (Å²) in [7, 11) is 0. The van der Waals surface area contributed by atoms with Gasteiger partial charge in [-0.05, 0) is 60.9 Å². The molecule has 1 heterocycles. The van der Waals surface area contributed by atoms with Crippen LogP contribution in [0.25, 0.3) is 11.0 Å². The predicted octanol–water partition coefficient (Wildman–Crippen LogP) is 6.10. The molecule has 7 nitrogen and oxygen atoms in total. The second kappa shape index (κ2) is 12.9. The van der Waals surface area contributed by atoms with Crippen LogP contribution in [0.2, 0.25) is 0 Å². The fraction of sp³-hybridized carbons (Fsp3) is 0.258. The molecule has 3 aromatic carbocycles. The Morgan fingerprint density at radius 3 is 2.46 bits per heavy atom. The van der Waals surface area contributed by atoms with Crippen molar-refractivity contribution in [1.82, 2.24) is 9.80 Å². The second-order valence-corrected chi connectivity index (χ2v) is 9.54. The second-order valence-electron chi connectivity index (χ2n) is 9.54. The van der Waals surface area contributed by atoms with Gasteiger partial charge < -0.3 is 19.5 Å². The number of nitrogens with one attached hydrogen (secondary N) is 1. The minimum Gasteiger partial charge on any atom is -0.464 e. The summed E-state index contributed by atoms with van der Waals surface area (Å²) < 4.78 is 19.2. The molecule has 0 unspecified atom stereocenters. The Balaban J connectivity index is 1.59. The van der Waals surface area contributed by atoms with Crippen LogP contribution in [-0.2, 0) is 17.9 Å². The van der Waals surface area contributed by atoms with Crippen molar-refractivity contribution < 1.29 is 18.4 Å². The Labute approximate surface area is 226 Å². The van der Waals surface area contributed by atoms with Crippen LogP contribution < -0.4 is 10.7 Å². The van der Waals surface area contributed by atoms with Crippen LogP contribution in [0.3, 0.4) is 0 Å². The van der Waals surface area contributed by atoms with Gasteiger partial charge in [-0.15, -0.1) is 0 Å². The van der Waals surface area contributed by atoms with Crippen LogP contribution in [0.1, 0.15) is 36.5 Å². The number of fused-ring (bicyclic) bond motifs is 1. The SMILES string of the molecule is CCCCN(CC(=O)N(Cc1ccc(F)cc1)Cc1coc2ccccc2c1=O)C(=O)Nc1cccc(C)c1. The summed E-state index contributed by atoms with van der Waals surface area (Å²) in [5.41, 5.74) is 2.89.